The van der Waals surface area contributed by atoms with Crippen LogP contribution in [-0.2, 0) is 9.47 Å². The topological polar surface area (TPSA) is 79.3 Å². The standard InChI is InChI=1S/C22H32N2O5/c1-15-14-23(20(27)29-21(3,4)5)11-10-22(15)24(12-13-28-22)19(26)18-8-6-17(7-9-18)16(2)25/h6-9,15-16,25H,10-14H2,1-5H3/t15-,16?,22?/m1/s1. The molecular formula is C22H32N2O5. The zero-order chi connectivity index (χ0) is 21.4. The average Bonchev–Trinajstić information content (AvgIpc) is 3.06. The van der Waals surface area contributed by atoms with E-state index in [1.165, 1.54) is 0 Å². The minimum absolute atomic E-state index is 0.0491. The van der Waals surface area contributed by atoms with Gasteiger partial charge in [0.2, 0.25) is 0 Å². The van der Waals surface area contributed by atoms with E-state index in [0.717, 1.165) is 5.56 Å². The van der Waals surface area contributed by atoms with Gasteiger partial charge in [0.1, 0.15) is 11.3 Å². The molecule has 7 nitrogen and oxygen atoms in total. The molecule has 0 radical (unpaired) electrons. The Balaban J connectivity index is 1.74. The molecule has 0 bridgehead atoms. The number of piperidine rings is 1. The summed E-state index contributed by atoms with van der Waals surface area (Å²) in [5, 5.41) is 9.68. The second-order valence-corrected chi connectivity index (χ2v) is 9.03. The Morgan fingerprint density at radius 1 is 1.24 bits per heavy atom. The van der Waals surface area contributed by atoms with E-state index in [4.69, 9.17) is 9.47 Å². The quantitative estimate of drug-likeness (QED) is 0.819. The van der Waals surface area contributed by atoms with Gasteiger partial charge in [-0.2, -0.15) is 0 Å². The summed E-state index contributed by atoms with van der Waals surface area (Å²) in [5.74, 6) is -0.135. The van der Waals surface area contributed by atoms with Gasteiger partial charge in [0.05, 0.1) is 12.7 Å². The smallest absolute Gasteiger partial charge is 0.410 e. The summed E-state index contributed by atoms with van der Waals surface area (Å²) < 4.78 is 11.6. The normalized spacial score (nSPS) is 25.9. The molecule has 7 heteroatoms. The van der Waals surface area contributed by atoms with Crippen molar-refractivity contribution in [3.63, 3.8) is 0 Å². The third kappa shape index (κ3) is 4.41. The van der Waals surface area contributed by atoms with E-state index in [9.17, 15) is 14.7 Å². The maximum Gasteiger partial charge on any atom is 0.410 e. The first kappa shape index (κ1) is 21.6. The highest BCUT2D eigenvalue weighted by Gasteiger charge is 2.52. The lowest BCUT2D eigenvalue weighted by molar-refractivity contribution is -0.138. The number of aliphatic hydroxyl groups excluding tert-OH is 1. The van der Waals surface area contributed by atoms with Crippen LogP contribution in [0.15, 0.2) is 24.3 Å². The number of hydrogen-bond acceptors (Lipinski definition) is 5. The second-order valence-electron chi connectivity index (χ2n) is 9.03. The zero-order valence-electron chi connectivity index (χ0n) is 18.0. The highest BCUT2D eigenvalue weighted by molar-refractivity contribution is 5.95. The molecule has 2 amide bonds. The van der Waals surface area contributed by atoms with Crippen molar-refractivity contribution in [2.45, 2.75) is 58.5 Å². The van der Waals surface area contributed by atoms with Crippen molar-refractivity contribution in [3.05, 3.63) is 35.4 Å². The first-order valence-corrected chi connectivity index (χ1v) is 10.3. The van der Waals surface area contributed by atoms with Gasteiger partial charge in [-0.05, 0) is 45.4 Å². The summed E-state index contributed by atoms with van der Waals surface area (Å²) >= 11 is 0. The fourth-order valence-corrected chi connectivity index (χ4v) is 4.13. The number of rotatable bonds is 2. The Morgan fingerprint density at radius 2 is 1.90 bits per heavy atom. The SMILES string of the molecule is CC(O)c1ccc(C(=O)N2CCOC23CCN(C(=O)OC(C)(C)C)C[C@H]3C)cc1. The molecule has 1 aromatic rings. The number of aliphatic hydroxyl groups is 1. The van der Waals surface area contributed by atoms with E-state index in [-0.39, 0.29) is 17.9 Å². The van der Waals surface area contributed by atoms with Crippen molar-refractivity contribution < 1.29 is 24.2 Å². The van der Waals surface area contributed by atoms with E-state index >= 15 is 0 Å². The Hall–Kier alpha value is -2.12. The van der Waals surface area contributed by atoms with Crippen molar-refractivity contribution in [3.8, 4) is 0 Å². The van der Waals surface area contributed by atoms with Crippen LogP contribution in [-0.4, -0.2) is 64.5 Å². The van der Waals surface area contributed by atoms with E-state index in [2.05, 4.69) is 0 Å². The lowest BCUT2D eigenvalue weighted by Gasteiger charge is -2.47. The van der Waals surface area contributed by atoms with Crippen molar-refractivity contribution in [1.82, 2.24) is 9.80 Å². The molecule has 2 saturated heterocycles. The van der Waals surface area contributed by atoms with Crippen LogP contribution < -0.4 is 0 Å². The minimum atomic E-state index is -0.710. The molecule has 3 atom stereocenters. The molecule has 2 unspecified atom stereocenters. The van der Waals surface area contributed by atoms with Crippen LogP contribution in [0.25, 0.3) is 0 Å². The van der Waals surface area contributed by atoms with E-state index < -0.39 is 17.4 Å². The van der Waals surface area contributed by atoms with E-state index in [1.807, 2.05) is 32.6 Å². The summed E-state index contributed by atoms with van der Waals surface area (Å²) in [5.41, 5.74) is 0.0898. The van der Waals surface area contributed by atoms with E-state index in [0.29, 0.717) is 38.2 Å². The van der Waals surface area contributed by atoms with Crippen LogP contribution in [0.4, 0.5) is 4.79 Å². The van der Waals surface area contributed by atoms with Gasteiger partial charge in [-0.1, -0.05) is 19.1 Å². The van der Waals surface area contributed by atoms with Gasteiger partial charge in [-0.25, -0.2) is 4.79 Å². The molecule has 29 heavy (non-hydrogen) atoms. The first-order chi connectivity index (χ1) is 13.5. The van der Waals surface area contributed by atoms with Crippen LogP contribution in [0.1, 0.15) is 63.1 Å². The van der Waals surface area contributed by atoms with Gasteiger partial charge < -0.3 is 24.4 Å². The maximum absolute atomic E-state index is 13.2. The van der Waals surface area contributed by atoms with Gasteiger partial charge in [-0.15, -0.1) is 0 Å². The molecule has 0 aliphatic carbocycles. The Kier molecular flexibility index (Phi) is 5.92. The van der Waals surface area contributed by atoms with Gasteiger partial charge >= 0.3 is 6.09 Å². The summed E-state index contributed by atoms with van der Waals surface area (Å²) in [7, 11) is 0. The van der Waals surface area contributed by atoms with Crippen molar-refractivity contribution in [2.24, 2.45) is 5.92 Å². The van der Waals surface area contributed by atoms with Crippen molar-refractivity contribution in [1.29, 1.82) is 0 Å². The second kappa shape index (κ2) is 7.95. The minimum Gasteiger partial charge on any atom is -0.444 e. The van der Waals surface area contributed by atoms with Crippen LogP contribution in [0.3, 0.4) is 0 Å². The molecule has 2 aliphatic rings. The Bertz CT molecular complexity index is 755. The molecule has 2 fully saturated rings. The molecule has 3 rings (SSSR count). The lowest BCUT2D eigenvalue weighted by Crippen LogP contribution is -2.61. The molecule has 1 aromatic carbocycles. The fourth-order valence-electron chi connectivity index (χ4n) is 4.13. The van der Waals surface area contributed by atoms with Gasteiger partial charge in [-0.3, -0.25) is 4.79 Å². The fraction of sp³-hybridized carbons (Fsp3) is 0.636. The summed E-state index contributed by atoms with van der Waals surface area (Å²) in [6.45, 7) is 11.2. The summed E-state index contributed by atoms with van der Waals surface area (Å²) in [6.07, 6.45) is -0.355. The van der Waals surface area contributed by atoms with Crippen LogP contribution in [0.5, 0.6) is 0 Å². The third-order valence-electron chi connectivity index (χ3n) is 5.66. The molecule has 1 spiro atoms. The molecular weight excluding hydrogens is 372 g/mol. The highest BCUT2D eigenvalue weighted by atomic mass is 16.6. The average molecular weight is 405 g/mol. The molecule has 0 saturated carbocycles. The predicted octanol–water partition coefficient (Wildman–Crippen LogP) is 3.19. The lowest BCUT2D eigenvalue weighted by atomic mass is 9.88. The molecule has 2 aliphatic heterocycles. The van der Waals surface area contributed by atoms with Crippen LogP contribution >= 0.6 is 0 Å². The van der Waals surface area contributed by atoms with Crippen LogP contribution in [0.2, 0.25) is 0 Å². The number of hydrogen-bond donors (Lipinski definition) is 1. The van der Waals surface area contributed by atoms with Gasteiger partial charge in [0.15, 0.2) is 0 Å². The zero-order valence-corrected chi connectivity index (χ0v) is 18.0. The number of benzene rings is 1. The Labute approximate surface area is 172 Å². The number of likely N-dealkylation sites (tertiary alicyclic amines) is 1. The van der Waals surface area contributed by atoms with Gasteiger partial charge in [0, 0.05) is 37.5 Å². The van der Waals surface area contributed by atoms with Crippen molar-refractivity contribution >= 4 is 12.0 Å². The molecule has 160 valence electrons. The number of carbonyl (C=O) groups excluding carboxylic acids is 2. The van der Waals surface area contributed by atoms with Crippen LogP contribution in [0, 0.1) is 5.92 Å². The third-order valence-corrected chi connectivity index (χ3v) is 5.66. The molecule has 2 heterocycles. The molecule has 1 N–H and O–H groups in total. The summed E-state index contributed by atoms with van der Waals surface area (Å²) in [6, 6.07) is 7.04. The highest BCUT2D eigenvalue weighted by Crippen LogP contribution is 2.39. The first-order valence-electron chi connectivity index (χ1n) is 10.3. The van der Waals surface area contributed by atoms with Crippen molar-refractivity contribution in [2.75, 3.05) is 26.2 Å². The number of amides is 2. The molecule has 0 aromatic heterocycles. The Morgan fingerprint density at radius 3 is 2.45 bits per heavy atom. The summed E-state index contributed by atoms with van der Waals surface area (Å²) in [4.78, 5) is 29.2. The predicted molar refractivity (Wildman–Crippen MR) is 108 cm³/mol. The monoisotopic (exact) mass is 404 g/mol. The van der Waals surface area contributed by atoms with Gasteiger partial charge in [0.25, 0.3) is 5.91 Å². The van der Waals surface area contributed by atoms with E-state index in [1.54, 1.807) is 36.1 Å². The largest absolute Gasteiger partial charge is 0.444 e. The number of carbonyl (C=O) groups is 2. The number of nitrogens with zero attached hydrogens (tertiary/aromatic N) is 2. The maximum atomic E-state index is 13.2. The number of ether oxygens (including phenoxy) is 2.